The summed E-state index contributed by atoms with van der Waals surface area (Å²) in [5.74, 6) is 0. The Morgan fingerprint density at radius 2 is 1.88 bits per heavy atom. The lowest BCUT2D eigenvalue weighted by Crippen LogP contribution is -2.04. The summed E-state index contributed by atoms with van der Waals surface area (Å²) in [6.07, 6.45) is -3.52. The fourth-order valence-electron chi connectivity index (χ4n) is 1.86. The molecule has 0 saturated heterocycles. The second-order valence-corrected chi connectivity index (χ2v) is 4.01. The summed E-state index contributed by atoms with van der Waals surface area (Å²) in [4.78, 5) is 4.35. The number of alkyl halides is 3. The van der Waals surface area contributed by atoms with Crippen LogP contribution in [-0.4, -0.2) is 4.98 Å². The van der Waals surface area contributed by atoms with Crippen LogP contribution in [0, 0.1) is 6.92 Å². The number of rotatable bonds is 1. The van der Waals surface area contributed by atoms with Crippen molar-refractivity contribution in [1.29, 1.82) is 0 Å². The molecule has 0 unspecified atom stereocenters. The van der Waals surface area contributed by atoms with E-state index in [2.05, 4.69) is 4.98 Å². The number of hydrogen-bond donors (Lipinski definition) is 0. The predicted octanol–water partition coefficient (Wildman–Crippen LogP) is 4.12. The van der Waals surface area contributed by atoms with E-state index >= 15 is 0 Å². The molecule has 0 aliphatic heterocycles. The molecule has 1 aromatic carbocycles. The van der Waals surface area contributed by atoms with Crippen LogP contribution >= 0.6 is 0 Å². The standard InChI is InChI=1S/C13H12F3N/c1-3-11-8(2)6-9-7-10(13(14,15)16)4-5-12(9)17-11/h4-7H,3H2,1-2H3. The molecule has 0 bridgehead atoms. The summed E-state index contributed by atoms with van der Waals surface area (Å²) >= 11 is 0. The van der Waals surface area contributed by atoms with Crippen molar-refractivity contribution in [2.75, 3.05) is 0 Å². The van der Waals surface area contributed by atoms with Crippen LogP contribution in [0.5, 0.6) is 0 Å². The zero-order valence-corrected chi connectivity index (χ0v) is 9.60. The number of halogens is 3. The summed E-state index contributed by atoms with van der Waals surface area (Å²) in [6, 6.07) is 5.41. The molecule has 0 aliphatic carbocycles. The Morgan fingerprint density at radius 1 is 1.18 bits per heavy atom. The number of aromatic nitrogens is 1. The molecule has 0 N–H and O–H groups in total. The minimum absolute atomic E-state index is 0.537. The molecule has 17 heavy (non-hydrogen) atoms. The van der Waals surface area contributed by atoms with Gasteiger partial charge in [0, 0.05) is 11.1 Å². The highest BCUT2D eigenvalue weighted by atomic mass is 19.4. The van der Waals surface area contributed by atoms with E-state index in [1.54, 1.807) is 6.07 Å². The Bertz CT molecular complexity index is 558. The van der Waals surface area contributed by atoms with Crippen molar-refractivity contribution in [3.8, 4) is 0 Å². The Balaban J connectivity index is 2.63. The van der Waals surface area contributed by atoms with Crippen molar-refractivity contribution in [3.05, 3.63) is 41.1 Å². The molecule has 4 heteroatoms. The molecule has 0 fully saturated rings. The largest absolute Gasteiger partial charge is 0.416 e. The third-order valence-electron chi connectivity index (χ3n) is 2.77. The highest BCUT2D eigenvalue weighted by Gasteiger charge is 2.30. The first-order valence-electron chi connectivity index (χ1n) is 5.39. The lowest BCUT2D eigenvalue weighted by Gasteiger charge is -2.09. The monoisotopic (exact) mass is 239 g/mol. The van der Waals surface area contributed by atoms with Gasteiger partial charge in [-0.3, -0.25) is 4.98 Å². The maximum absolute atomic E-state index is 12.5. The first-order valence-corrected chi connectivity index (χ1v) is 5.39. The summed E-state index contributed by atoms with van der Waals surface area (Å²) in [5.41, 5.74) is 1.84. The fraction of sp³-hybridized carbons (Fsp3) is 0.308. The molecular formula is C13H12F3N. The summed E-state index contributed by atoms with van der Waals surface area (Å²) in [6.45, 7) is 3.84. The maximum atomic E-state index is 12.5. The SMILES string of the molecule is CCc1nc2ccc(C(F)(F)F)cc2cc1C. The first-order chi connectivity index (χ1) is 7.91. The Labute approximate surface area is 97.3 Å². The Hall–Kier alpha value is -1.58. The number of fused-ring (bicyclic) bond motifs is 1. The molecule has 2 aromatic rings. The Kier molecular flexibility index (Phi) is 2.81. The maximum Gasteiger partial charge on any atom is 0.416 e. The zero-order valence-electron chi connectivity index (χ0n) is 9.60. The molecule has 0 amide bonds. The van der Waals surface area contributed by atoms with E-state index in [1.165, 1.54) is 6.07 Å². The highest BCUT2D eigenvalue weighted by molar-refractivity contribution is 5.80. The van der Waals surface area contributed by atoms with Crippen molar-refractivity contribution in [2.24, 2.45) is 0 Å². The smallest absolute Gasteiger partial charge is 0.253 e. The van der Waals surface area contributed by atoms with E-state index in [1.807, 2.05) is 13.8 Å². The van der Waals surface area contributed by atoms with Crippen LogP contribution in [0.3, 0.4) is 0 Å². The number of pyridine rings is 1. The average Bonchev–Trinajstić information content (AvgIpc) is 2.26. The van der Waals surface area contributed by atoms with E-state index in [4.69, 9.17) is 0 Å². The van der Waals surface area contributed by atoms with Crippen LogP contribution in [0.15, 0.2) is 24.3 Å². The minimum Gasteiger partial charge on any atom is -0.253 e. The van der Waals surface area contributed by atoms with Gasteiger partial charge in [0.2, 0.25) is 0 Å². The molecule has 0 radical (unpaired) electrons. The van der Waals surface area contributed by atoms with Crippen molar-refractivity contribution in [3.63, 3.8) is 0 Å². The zero-order chi connectivity index (χ0) is 12.6. The molecule has 0 atom stereocenters. The second-order valence-electron chi connectivity index (χ2n) is 4.01. The highest BCUT2D eigenvalue weighted by Crippen LogP contribution is 2.31. The first kappa shape index (κ1) is 11.9. The van der Waals surface area contributed by atoms with Gasteiger partial charge in [-0.1, -0.05) is 6.92 Å². The fourth-order valence-corrected chi connectivity index (χ4v) is 1.86. The molecule has 1 aromatic heterocycles. The molecule has 90 valence electrons. The topological polar surface area (TPSA) is 12.9 Å². The molecule has 0 aliphatic rings. The normalized spacial score (nSPS) is 12.1. The van der Waals surface area contributed by atoms with Gasteiger partial charge in [-0.15, -0.1) is 0 Å². The third-order valence-corrected chi connectivity index (χ3v) is 2.77. The van der Waals surface area contributed by atoms with Crippen molar-refractivity contribution in [2.45, 2.75) is 26.4 Å². The number of hydrogen-bond acceptors (Lipinski definition) is 1. The predicted molar refractivity (Wildman–Crippen MR) is 60.9 cm³/mol. The van der Waals surface area contributed by atoms with Crippen LogP contribution in [0.1, 0.15) is 23.7 Å². The van der Waals surface area contributed by atoms with Gasteiger partial charge in [0.05, 0.1) is 11.1 Å². The van der Waals surface area contributed by atoms with Gasteiger partial charge in [0.25, 0.3) is 0 Å². The van der Waals surface area contributed by atoms with Gasteiger partial charge in [-0.2, -0.15) is 13.2 Å². The number of benzene rings is 1. The molecule has 1 nitrogen and oxygen atoms in total. The molecule has 0 saturated carbocycles. The van der Waals surface area contributed by atoms with Gasteiger partial charge in [0.15, 0.2) is 0 Å². The summed E-state index contributed by atoms with van der Waals surface area (Å²) in [7, 11) is 0. The van der Waals surface area contributed by atoms with Crippen molar-refractivity contribution >= 4 is 10.9 Å². The quantitative estimate of drug-likeness (QED) is 0.729. The average molecular weight is 239 g/mol. The van der Waals surface area contributed by atoms with E-state index in [0.717, 1.165) is 29.8 Å². The van der Waals surface area contributed by atoms with Crippen molar-refractivity contribution in [1.82, 2.24) is 4.98 Å². The van der Waals surface area contributed by atoms with E-state index in [9.17, 15) is 13.2 Å². The molecular weight excluding hydrogens is 227 g/mol. The number of aryl methyl sites for hydroxylation is 2. The van der Waals surface area contributed by atoms with E-state index in [0.29, 0.717) is 10.9 Å². The van der Waals surface area contributed by atoms with Crippen LogP contribution in [-0.2, 0) is 12.6 Å². The second kappa shape index (κ2) is 4.02. The van der Waals surface area contributed by atoms with Gasteiger partial charge in [-0.25, -0.2) is 0 Å². The van der Waals surface area contributed by atoms with Crippen LogP contribution < -0.4 is 0 Å². The molecule has 1 heterocycles. The third kappa shape index (κ3) is 2.25. The van der Waals surface area contributed by atoms with Crippen LogP contribution in [0.25, 0.3) is 10.9 Å². The van der Waals surface area contributed by atoms with E-state index < -0.39 is 11.7 Å². The minimum atomic E-state index is -4.30. The van der Waals surface area contributed by atoms with Gasteiger partial charge in [0.1, 0.15) is 0 Å². The van der Waals surface area contributed by atoms with Crippen LogP contribution in [0.2, 0.25) is 0 Å². The van der Waals surface area contributed by atoms with E-state index in [-0.39, 0.29) is 0 Å². The number of nitrogens with zero attached hydrogens (tertiary/aromatic N) is 1. The molecule has 0 spiro atoms. The van der Waals surface area contributed by atoms with Crippen LogP contribution in [0.4, 0.5) is 13.2 Å². The van der Waals surface area contributed by atoms with Crippen molar-refractivity contribution < 1.29 is 13.2 Å². The lowest BCUT2D eigenvalue weighted by molar-refractivity contribution is -0.137. The summed E-state index contributed by atoms with van der Waals surface area (Å²) in [5, 5.41) is 0.537. The van der Waals surface area contributed by atoms with Gasteiger partial charge in [-0.05, 0) is 43.2 Å². The lowest BCUT2D eigenvalue weighted by atomic mass is 10.1. The van der Waals surface area contributed by atoms with Gasteiger partial charge < -0.3 is 0 Å². The summed E-state index contributed by atoms with van der Waals surface area (Å²) < 4.78 is 37.6. The Morgan fingerprint density at radius 3 is 2.47 bits per heavy atom. The van der Waals surface area contributed by atoms with Gasteiger partial charge >= 0.3 is 6.18 Å². The molecule has 2 rings (SSSR count).